The Balaban J connectivity index is 1.59. The summed E-state index contributed by atoms with van der Waals surface area (Å²) in [6.45, 7) is 6.12. The van der Waals surface area contributed by atoms with Gasteiger partial charge in [0.2, 0.25) is 5.91 Å². The normalized spacial score (nSPS) is 16.0. The molecule has 152 valence electrons. The van der Waals surface area contributed by atoms with Crippen LogP contribution in [0.25, 0.3) is 0 Å². The first kappa shape index (κ1) is 20.2. The summed E-state index contributed by atoms with van der Waals surface area (Å²) >= 11 is 1.61. The van der Waals surface area contributed by atoms with Crippen LogP contribution in [0.15, 0.2) is 66.7 Å². The molecule has 1 saturated heterocycles. The summed E-state index contributed by atoms with van der Waals surface area (Å²) in [6, 6.07) is 21.4. The third-order valence-electron chi connectivity index (χ3n) is 5.38. The topological polar surface area (TPSA) is 49.4 Å². The molecule has 1 aliphatic rings. The molecule has 1 heterocycles. The van der Waals surface area contributed by atoms with Gasteiger partial charge in [0.25, 0.3) is 5.91 Å². The number of carbonyl (C=O) groups excluding carboxylic acids is 2. The van der Waals surface area contributed by atoms with Crippen molar-refractivity contribution in [1.82, 2.24) is 0 Å². The number of anilines is 2. The van der Waals surface area contributed by atoms with Crippen LogP contribution in [0.1, 0.15) is 38.0 Å². The van der Waals surface area contributed by atoms with E-state index >= 15 is 0 Å². The molecule has 5 heteroatoms. The molecule has 1 fully saturated rings. The Morgan fingerprint density at radius 2 is 1.73 bits per heavy atom. The van der Waals surface area contributed by atoms with E-state index in [1.165, 1.54) is 5.56 Å². The molecule has 0 saturated carbocycles. The molecular weight excluding hydrogens is 392 g/mol. The van der Waals surface area contributed by atoms with E-state index in [2.05, 4.69) is 31.3 Å². The van der Waals surface area contributed by atoms with Gasteiger partial charge in [-0.05, 0) is 73.9 Å². The molecular formula is C25H24N2O2S. The molecule has 1 aliphatic heterocycles. The zero-order valence-corrected chi connectivity index (χ0v) is 18.1. The van der Waals surface area contributed by atoms with Gasteiger partial charge in [-0.3, -0.25) is 14.5 Å². The van der Waals surface area contributed by atoms with Gasteiger partial charge in [0.15, 0.2) is 0 Å². The number of carbonyl (C=O) groups is 2. The molecule has 0 aromatic heterocycles. The lowest BCUT2D eigenvalue weighted by Crippen LogP contribution is -2.28. The van der Waals surface area contributed by atoms with E-state index < -0.39 is 0 Å². The molecule has 4 rings (SSSR count). The molecule has 1 N–H and O–H groups in total. The van der Waals surface area contributed by atoms with E-state index in [9.17, 15) is 9.59 Å². The van der Waals surface area contributed by atoms with Gasteiger partial charge in [-0.1, -0.05) is 35.9 Å². The number of benzene rings is 3. The standard InChI is InChI=1S/C25H24N2O2S/c1-16-7-10-19(11-8-16)24(29)26-21-6-4-5-20(14-21)25-27(23(28)15-30-25)22-12-9-17(2)18(3)13-22/h4-14,25H,15H2,1-3H3,(H,26,29)/t25-/m1/s1. The minimum Gasteiger partial charge on any atom is -0.322 e. The fourth-order valence-electron chi connectivity index (χ4n) is 3.50. The number of nitrogens with one attached hydrogen (secondary N) is 1. The Hall–Kier alpha value is -3.05. The summed E-state index contributed by atoms with van der Waals surface area (Å²) in [4.78, 5) is 27.1. The SMILES string of the molecule is Cc1ccc(C(=O)Nc2cccc([C@H]3SCC(=O)N3c3ccc(C)c(C)c3)c2)cc1. The average molecular weight is 417 g/mol. The van der Waals surface area contributed by atoms with Crippen molar-refractivity contribution in [3.8, 4) is 0 Å². The number of thioether (sulfide) groups is 1. The van der Waals surface area contributed by atoms with Gasteiger partial charge in [0, 0.05) is 16.9 Å². The number of aryl methyl sites for hydroxylation is 3. The molecule has 0 radical (unpaired) electrons. The first-order chi connectivity index (χ1) is 14.4. The van der Waals surface area contributed by atoms with Gasteiger partial charge in [-0.25, -0.2) is 0 Å². The maximum Gasteiger partial charge on any atom is 0.255 e. The Bertz CT molecular complexity index is 1110. The smallest absolute Gasteiger partial charge is 0.255 e. The number of rotatable bonds is 4. The van der Waals surface area contributed by atoms with Crippen molar-refractivity contribution in [2.45, 2.75) is 26.1 Å². The second kappa shape index (κ2) is 8.36. The summed E-state index contributed by atoms with van der Waals surface area (Å²) in [7, 11) is 0. The Morgan fingerprint density at radius 3 is 2.47 bits per heavy atom. The predicted molar refractivity (Wildman–Crippen MR) is 124 cm³/mol. The van der Waals surface area contributed by atoms with E-state index in [1.807, 2.05) is 66.4 Å². The van der Waals surface area contributed by atoms with Gasteiger partial charge in [0.1, 0.15) is 5.37 Å². The van der Waals surface area contributed by atoms with Crippen molar-refractivity contribution in [3.05, 3.63) is 94.5 Å². The zero-order chi connectivity index (χ0) is 21.3. The minimum atomic E-state index is -0.145. The maximum absolute atomic E-state index is 12.7. The van der Waals surface area contributed by atoms with Crippen LogP contribution in [-0.4, -0.2) is 17.6 Å². The third kappa shape index (κ3) is 4.12. The molecule has 30 heavy (non-hydrogen) atoms. The highest BCUT2D eigenvalue weighted by molar-refractivity contribution is 8.00. The van der Waals surface area contributed by atoms with Crippen LogP contribution in [0.2, 0.25) is 0 Å². The summed E-state index contributed by atoms with van der Waals surface area (Å²) < 4.78 is 0. The molecule has 0 unspecified atom stereocenters. The molecule has 1 atom stereocenters. The Morgan fingerprint density at radius 1 is 0.967 bits per heavy atom. The maximum atomic E-state index is 12.7. The van der Waals surface area contributed by atoms with E-state index in [1.54, 1.807) is 11.8 Å². The van der Waals surface area contributed by atoms with Crippen molar-refractivity contribution in [1.29, 1.82) is 0 Å². The minimum absolute atomic E-state index is 0.0994. The van der Waals surface area contributed by atoms with E-state index in [0.717, 1.165) is 28.1 Å². The van der Waals surface area contributed by atoms with Crippen molar-refractivity contribution in [3.63, 3.8) is 0 Å². The first-order valence-corrected chi connectivity index (χ1v) is 11.0. The summed E-state index contributed by atoms with van der Waals surface area (Å²) in [6.07, 6.45) is 0. The molecule has 0 bridgehead atoms. The van der Waals surface area contributed by atoms with Crippen LogP contribution in [0.5, 0.6) is 0 Å². The predicted octanol–water partition coefficient (Wildman–Crippen LogP) is 5.64. The third-order valence-corrected chi connectivity index (χ3v) is 6.59. The monoisotopic (exact) mass is 416 g/mol. The van der Waals surface area contributed by atoms with Gasteiger partial charge in [-0.15, -0.1) is 11.8 Å². The molecule has 3 aromatic rings. The Kier molecular flexibility index (Phi) is 5.64. The van der Waals surface area contributed by atoms with Crippen LogP contribution >= 0.6 is 11.8 Å². The van der Waals surface area contributed by atoms with Crippen molar-refractivity contribution < 1.29 is 9.59 Å². The quantitative estimate of drug-likeness (QED) is 0.598. The molecule has 0 aliphatic carbocycles. The van der Waals surface area contributed by atoms with Crippen molar-refractivity contribution in [2.75, 3.05) is 16.0 Å². The second-order valence-corrected chi connectivity index (χ2v) is 8.71. The van der Waals surface area contributed by atoms with Crippen LogP contribution in [-0.2, 0) is 4.79 Å². The first-order valence-electron chi connectivity index (χ1n) is 9.91. The number of hydrogen-bond donors (Lipinski definition) is 1. The Labute approximate surface area is 181 Å². The number of nitrogens with zero attached hydrogens (tertiary/aromatic N) is 1. The van der Waals surface area contributed by atoms with Crippen molar-refractivity contribution >= 4 is 35.0 Å². The molecule has 3 aromatic carbocycles. The lowest BCUT2D eigenvalue weighted by Gasteiger charge is -2.25. The van der Waals surface area contributed by atoms with Crippen LogP contribution < -0.4 is 10.2 Å². The van der Waals surface area contributed by atoms with Gasteiger partial charge < -0.3 is 5.32 Å². The highest BCUT2D eigenvalue weighted by atomic mass is 32.2. The van der Waals surface area contributed by atoms with Gasteiger partial charge in [0.05, 0.1) is 5.75 Å². The summed E-state index contributed by atoms with van der Waals surface area (Å²) in [5.41, 5.74) is 6.72. The largest absolute Gasteiger partial charge is 0.322 e. The average Bonchev–Trinajstić information content (AvgIpc) is 3.12. The van der Waals surface area contributed by atoms with Gasteiger partial charge in [-0.2, -0.15) is 0 Å². The fraction of sp³-hybridized carbons (Fsp3) is 0.200. The van der Waals surface area contributed by atoms with Crippen LogP contribution in [0.4, 0.5) is 11.4 Å². The highest BCUT2D eigenvalue weighted by Crippen LogP contribution is 2.42. The highest BCUT2D eigenvalue weighted by Gasteiger charge is 2.34. The number of amides is 2. The van der Waals surface area contributed by atoms with Gasteiger partial charge >= 0.3 is 0 Å². The fourth-order valence-corrected chi connectivity index (χ4v) is 4.67. The van der Waals surface area contributed by atoms with E-state index in [4.69, 9.17) is 0 Å². The lowest BCUT2D eigenvalue weighted by atomic mass is 10.1. The number of hydrogen-bond acceptors (Lipinski definition) is 3. The van der Waals surface area contributed by atoms with Crippen LogP contribution in [0, 0.1) is 20.8 Å². The van der Waals surface area contributed by atoms with Crippen LogP contribution in [0.3, 0.4) is 0 Å². The lowest BCUT2D eigenvalue weighted by molar-refractivity contribution is -0.115. The molecule has 4 nitrogen and oxygen atoms in total. The second-order valence-electron chi connectivity index (χ2n) is 7.64. The van der Waals surface area contributed by atoms with Crippen molar-refractivity contribution in [2.24, 2.45) is 0 Å². The molecule has 0 spiro atoms. The molecule has 2 amide bonds. The summed E-state index contributed by atoms with van der Waals surface area (Å²) in [5, 5.41) is 2.86. The zero-order valence-electron chi connectivity index (χ0n) is 17.3. The van der Waals surface area contributed by atoms with E-state index in [0.29, 0.717) is 11.3 Å². The van der Waals surface area contributed by atoms with E-state index in [-0.39, 0.29) is 17.2 Å². The summed E-state index contributed by atoms with van der Waals surface area (Å²) in [5.74, 6) is 0.396.